The summed E-state index contributed by atoms with van der Waals surface area (Å²) in [5, 5.41) is 18.3. The second kappa shape index (κ2) is 7.71. The summed E-state index contributed by atoms with van der Waals surface area (Å²) in [6.07, 6.45) is 2.36. The van der Waals surface area contributed by atoms with Crippen LogP contribution in [0.3, 0.4) is 0 Å². The Bertz CT molecular complexity index is 675. The second-order valence-electron chi connectivity index (χ2n) is 5.22. The van der Waals surface area contributed by atoms with Crippen LogP contribution in [-0.2, 0) is 0 Å². The minimum atomic E-state index is -0.949. The Balaban J connectivity index is 2.23. The molecule has 6 nitrogen and oxygen atoms in total. The lowest BCUT2D eigenvalue weighted by Gasteiger charge is -2.20. The maximum Gasteiger partial charge on any atom is 0.253 e. The Kier molecular flexibility index (Phi) is 5.67. The zero-order chi connectivity index (χ0) is 16.8. The third kappa shape index (κ3) is 4.28. The van der Waals surface area contributed by atoms with Crippen LogP contribution in [-0.4, -0.2) is 59.4 Å². The molecule has 1 amide bonds. The number of amides is 1. The van der Waals surface area contributed by atoms with Crippen LogP contribution in [0.1, 0.15) is 10.4 Å². The van der Waals surface area contributed by atoms with E-state index in [0.717, 1.165) is 11.1 Å². The zero-order valence-electron chi connectivity index (χ0n) is 13.1. The van der Waals surface area contributed by atoms with Gasteiger partial charge in [-0.3, -0.25) is 9.78 Å². The number of ether oxygens (including phenoxy) is 1. The molecule has 0 saturated heterocycles. The van der Waals surface area contributed by atoms with Crippen molar-refractivity contribution in [2.75, 3.05) is 27.3 Å². The Morgan fingerprint density at radius 1 is 1.30 bits per heavy atom. The van der Waals surface area contributed by atoms with E-state index in [1.165, 1.54) is 4.90 Å². The van der Waals surface area contributed by atoms with Crippen molar-refractivity contribution < 1.29 is 19.7 Å². The molecule has 0 fully saturated rings. The maximum atomic E-state index is 12.4. The van der Waals surface area contributed by atoms with Crippen LogP contribution >= 0.6 is 0 Å². The molecule has 6 heteroatoms. The Morgan fingerprint density at radius 2 is 2.09 bits per heavy atom. The van der Waals surface area contributed by atoms with Crippen molar-refractivity contribution in [3.63, 3.8) is 0 Å². The lowest BCUT2D eigenvalue weighted by atomic mass is 10.0. The van der Waals surface area contributed by atoms with Gasteiger partial charge in [-0.05, 0) is 23.8 Å². The standard InChI is InChI=1S/C17H20N2O4/c1-19(10-15(21)11-20)17(22)13-5-3-4-12(6-13)14-7-16(23-2)9-18-8-14/h3-9,15,20-21H,10-11H2,1-2H3/t15-/m1/s1. The van der Waals surface area contributed by atoms with Gasteiger partial charge in [0.05, 0.1) is 26.0 Å². The Morgan fingerprint density at radius 3 is 2.78 bits per heavy atom. The molecule has 0 spiro atoms. The van der Waals surface area contributed by atoms with E-state index in [4.69, 9.17) is 9.84 Å². The van der Waals surface area contributed by atoms with Gasteiger partial charge in [-0.15, -0.1) is 0 Å². The predicted molar refractivity (Wildman–Crippen MR) is 86.3 cm³/mol. The van der Waals surface area contributed by atoms with E-state index in [9.17, 15) is 9.90 Å². The van der Waals surface area contributed by atoms with Gasteiger partial charge in [0, 0.05) is 30.9 Å². The number of likely N-dealkylation sites (N-methyl/N-ethyl adjacent to an activating group) is 1. The number of hydrogen-bond acceptors (Lipinski definition) is 5. The third-order valence-corrected chi connectivity index (χ3v) is 3.43. The fourth-order valence-electron chi connectivity index (χ4n) is 2.20. The van der Waals surface area contributed by atoms with Crippen LogP contribution < -0.4 is 4.74 Å². The molecular formula is C17H20N2O4. The first-order chi connectivity index (χ1) is 11.0. The monoisotopic (exact) mass is 316 g/mol. The minimum absolute atomic E-state index is 0.0697. The first-order valence-corrected chi connectivity index (χ1v) is 7.19. The molecule has 2 N–H and O–H groups in total. The molecule has 0 aliphatic heterocycles. The fourth-order valence-corrected chi connectivity index (χ4v) is 2.20. The first kappa shape index (κ1) is 16.9. The topological polar surface area (TPSA) is 82.9 Å². The summed E-state index contributed by atoms with van der Waals surface area (Å²) < 4.78 is 5.16. The van der Waals surface area contributed by atoms with E-state index in [2.05, 4.69) is 4.98 Å². The second-order valence-corrected chi connectivity index (χ2v) is 5.22. The molecule has 0 radical (unpaired) electrons. The normalized spacial score (nSPS) is 11.8. The molecule has 1 aromatic carbocycles. The van der Waals surface area contributed by atoms with Crippen LogP contribution in [0.5, 0.6) is 5.75 Å². The number of nitrogens with zero attached hydrogens (tertiary/aromatic N) is 2. The molecule has 23 heavy (non-hydrogen) atoms. The molecule has 2 rings (SSSR count). The molecule has 2 aromatic rings. The molecule has 1 heterocycles. The highest BCUT2D eigenvalue weighted by molar-refractivity contribution is 5.95. The zero-order valence-corrected chi connectivity index (χ0v) is 13.1. The van der Waals surface area contributed by atoms with E-state index in [-0.39, 0.29) is 19.1 Å². The number of aliphatic hydroxyl groups excluding tert-OH is 2. The summed E-state index contributed by atoms with van der Waals surface area (Å²) in [4.78, 5) is 17.9. The highest BCUT2D eigenvalue weighted by Gasteiger charge is 2.15. The summed E-state index contributed by atoms with van der Waals surface area (Å²) in [7, 11) is 3.16. The number of methoxy groups -OCH3 is 1. The summed E-state index contributed by atoms with van der Waals surface area (Å²) >= 11 is 0. The number of aliphatic hydroxyl groups is 2. The van der Waals surface area contributed by atoms with Crippen molar-refractivity contribution in [1.29, 1.82) is 0 Å². The average molecular weight is 316 g/mol. The Hall–Kier alpha value is -2.44. The lowest BCUT2D eigenvalue weighted by molar-refractivity contribution is 0.0520. The summed E-state index contributed by atoms with van der Waals surface area (Å²) in [5.74, 6) is 0.414. The molecule has 1 aromatic heterocycles. The predicted octanol–water partition coefficient (Wildman–Crippen LogP) is 1.18. The Labute approximate surface area is 135 Å². The van der Waals surface area contributed by atoms with Crippen LogP contribution in [0.4, 0.5) is 0 Å². The molecule has 0 unspecified atom stereocenters. The molecule has 0 saturated carbocycles. The fraction of sp³-hybridized carbons (Fsp3) is 0.294. The van der Waals surface area contributed by atoms with Gasteiger partial charge >= 0.3 is 0 Å². The first-order valence-electron chi connectivity index (χ1n) is 7.19. The van der Waals surface area contributed by atoms with E-state index in [0.29, 0.717) is 11.3 Å². The lowest BCUT2D eigenvalue weighted by Crippen LogP contribution is -2.35. The van der Waals surface area contributed by atoms with Crippen molar-refractivity contribution >= 4 is 5.91 Å². The third-order valence-electron chi connectivity index (χ3n) is 3.43. The van der Waals surface area contributed by atoms with E-state index in [1.807, 2.05) is 12.1 Å². The van der Waals surface area contributed by atoms with E-state index in [1.54, 1.807) is 44.8 Å². The van der Waals surface area contributed by atoms with Gasteiger partial charge in [0.25, 0.3) is 5.91 Å². The number of hydrogen-bond donors (Lipinski definition) is 2. The molecule has 1 atom stereocenters. The number of carbonyl (C=O) groups excluding carboxylic acids is 1. The molecule has 0 aliphatic rings. The highest BCUT2D eigenvalue weighted by Crippen LogP contribution is 2.23. The van der Waals surface area contributed by atoms with E-state index >= 15 is 0 Å². The number of aromatic nitrogens is 1. The van der Waals surface area contributed by atoms with Crippen LogP contribution in [0.15, 0.2) is 42.7 Å². The van der Waals surface area contributed by atoms with Gasteiger partial charge in [0.1, 0.15) is 5.75 Å². The molecular weight excluding hydrogens is 296 g/mol. The van der Waals surface area contributed by atoms with E-state index < -0.39 is 6.10 Å². The van der Waals surface area contributed by atoms with Gasteiger partial charge in [0.2, 0.25) is 0 Å². The van der Waals surface area contributed by atoms with Crippen molar-refractivity contribution in [1.82, 2.24) is 9.88 Å². The maximum absolute atomic E-state index is 12.4. The number of rotatable bonds is 6. The molecule has 0 aliphatic carbocycles. The summed E-state index contributed by atoms with van der Waals surface area (Å²) in [5.41, 5.74) is 2.19. The van der Waals surface area contributed by atoms with Crippen molar-refractivity contribution in [3.05, 3.63) is 48.3 Å². The smallest absolute Gasteiger partial charge is 0.253 e. The summed E-state index contributed by atoms with van der Waals surface area (Å²) in [6, 6.07) is 8.99. The largest absolute Gasteiger partial charge is 0.495 e. The number of benzene rings is 1. The van der Waals surface area contributed by atoms with Gasteiger partial charge in [0.15, 0.2) is 0 Å². The minimum Gasteiger partial charge on any atom is -0.495 e. The van der Waals surface area contributed by atoms with Crippen LogP contribution in [0.25, 0.3) is 11.1 Å². The van der Waals surface area contributed by atoms with Gasteiger partial charge in [-0.25, -0.2) is 0 Å². The van der Waals surface area contributed by atoms with Gasteiger partial charge in [-0.2, -0.15) is 0 Å². The molecule has 0 bridgehead atoms. The van der Waals surface area contributed by atoms with Crippen molar-refractivity contribution in [3.8, 4) is 16.9 Å². The van der Waals surface area contributed by atoms with Gasteiger partial charge < -0.3 is 19.8 Å². The van der Waals surface area contributed by atoms with Crippen molar-refractivity contribution in [2.45, 2.75) is 6.10 Å². The van der Waals surface area contributed by atoms with Gasteiger partial charge in [-0.1, -0.05) is 12.1 Å². The quantitative estimate of drug-likeness (QED) is 0.836. The summed E-state index contributed by atoms with van der Waals surface area (Å²) in [6.45, 7) is -0.312. The number of pyridine rings is 1. The number of carbonyl (C=O) groups is 1. The average Bonchev–Trinajstić information content (AvgIpc) is 2.61. The SMILES string of the molecule is COc1cncc(-c2cccc(C(=O)N(C)C[C@@H](O)CO)c2)c1. The van der Waals surface area contributed by atoms with Crippen LogP contribution in [0, 0.1) is 0 Å². The van der Waals surface area contributed by atoms with Crippen molar-refractivity contribution in [2.24, 2.45) is 0 Å². The van der Waals surface area contributed by atoms with Crippen LogP contribution in [0.2, 0.25) is 0 Å². The molecule has 122 valence electrons. The highest BCUT2D eigenvalue weighted by atomic mass is 16.5.